The topological polar surface area (TPSA) is 105 Å². The molecule has 2 aromatic rings. The normalized spacial score (nSPS) is 18.1. The number of carbonyl (C=O) groups is 1. The van der Waals surface area contributed by atoms with Crippen molar-refractivity contribution < 1.29 is 18.3 Å². The summed E-state index contributed by atoms with van der Waals surface area (Å²) in [5.41, 5.74) is 2.44. The summed E-state index contributed by atoms with van der Waals surface area (Å²) in [6.45, 7) is 3.32. The molecule has 148 valence electrons. The Hall–Kier alpha value is -2.26. The van der Waals surface area contributed by atoms with Crippen LogP contribution in [0.1, 0.15) is 23.4 Å². The average molecular weight is 394 g/mol. The van der Waals surface area contributed by atoms with Crippen LogP contribution in [0.15, 0.2) is 30.6 Å². The maximum Gasteiger partial charge on any atom is 0.290 e. The van der Waals surface area contributed by atoms with Gasteiger partial charge in [-0.15, -0.1) is 0 Å². The summed E-state index contributed by atoms with van der Waals surface area (Å²) < 4.78 is 25.1. The van der Waals surface area contributed by atoms with Crippen LogP contribution in [0.3, 0.4) is 0 Å². The summed E-state index contributed by atoms with van der Waals surface area (Å²) in [7, 11) is -0.848. The van der Waals surface area contributed by atoms with Gasteiger partial charge in [0.1, 0.15) is 12.2 Å². The average Bonchev–Trinajstić information content (AvgIpc) is 3.19. The minimum absolute atomic E-state index is 0.128. The highest BCUT2D eigenvalue weighted by molar-refractivity contribution is 7.91. The van der Waals surface area contributed by atoms with E-state index in [-0.39, 0.29) is 18.3 Å². The van der Waals surface area contributed by atoms with E-state index in [9.17, 15) is 8.42 Å². The number of carboxylic acid groups (broad SMARTS) is 1. The van der Waals surface area contributed by atoms with Gasteiger partial charge >= 0.3 is 0 Å². The zero-order chi connectivity index (χ0) is 19.9. The van der Waals surface area contributed by atoms with E-state index in [1.807, 2.05) is 11.7 Å². The number of hydrogen-bond acceptors (Lipinski definition) is 6. The Morgan fingerprint density at radius 2 is 2.15 bits per heavy atom. The van der Waals surface area contributed by atoms with Gasteiger partial charge in [-0.3, -0.25) is 4.79 Å². The zero-order valence-electron chi connectivity index (χ0n) is 15.7. The Morgan fingerprint density at radius 3 is 2.78 bits per heavy atom. The predicted octanol–water partition coefficient (Wildman–Crippen LogP) is 0.997. The lowest BCUT2D eigenvalue weighted by atomic mass is 10.1. The minimum Gasteiger partial charge on any atom is -0.483 e. The van der Waals surface area contributed by atoms with Crippen molar-refractivity contribution in [3.05, 3.63) is 47.5 Å². The number of aryl methyl sites for hydroxylation is 1. The number of likely N-dealkylation sites (N-methyl/N-ethyl adjacent to an activating group) is 1. The second-order valence-corrected chi connectivity index (χ2v) is 8.94. The Kier molecular flexibility index (Phi) is 7.49. The summed E-state index contributed by atoms with van der Waals surface area (Å²) in [6, 6.07) is 8.50. The molecule has 1 atom stereocenters. The first kappa shape index (κ1) is 21.0. The first-order valence-corrected chi connectivity index (χ1v) is 10.6. The van der Waals surface area contributed by atoms with Gasteiger partial charge < -0.3 is 10.0 Å². The number of sulfone groups is 1. The Labute approximate surface area is 159 Å². The van der Waals surface area contributed by atoms with Gasteiger partial charge in [0, 0.05) is 19.0 Å². The van der Waals surface area contributed by atoms with Gasteiger partial charge in [0.25, 0.3) is 6.47 Å². The highest BCUT2D eigenvalue weighted by Crippen LogP contribution is 2.16. The fourth-order valence-electron chi connectivity index (χ4n) is 3.18. The van der Waals surface area contributed by atoms with Gasteiger partial charge in [-0.25, -0.2) is 18.1 Å². The van der Waals surface area contributed by atoms with E-state index in [0.717, 1.165) is 25.2 Å². The molecule has 1 aromatic heterocycles. The van der Waals surface area contributed by atoms with Crippen molar-refractivity contribution in [3.63, 3.8) is 0 Å². The summed E-state index contributed by atoms with van der Waals surface area (Å²) in [5.74, 6) is 1.52. The van der Waals surface area contributed by atoms with E-state index in [1.54, 1.807) is 6.33 Å². The molecule has 1 aliphatic rings. The van der Waals surface area contributed by atoms with Crippen molar-refractivity contribution in [1.29, 1.82) is 0 Å². The molecule has 1 fully saturated rings. The highest BCUT2D eigenvalue weighted by Gasteiger charge is 2.30. The maximum atomic E-state index is 11.6. The Morgan fingerprint density at radius 1 is 1.41 bits per heavy atom. The van der Waals surface area contributed by atoms with Crippen LogP contribution in [-0.2, 0) is 27.6 Å². The lowest BCUT2D eigenvalue weighted by Gasteiger charge is -2.22. The van der Waals surface area contributed by atoms with Gasteiger partial charge in [0.2, 0.25) is 0 Å². The van der Waals surface area contributed by atoms with Crippen molar-refractivity contribution in [2.24, 2.45) is 0 Å². The summed E-state index contributed by atoms with van der Waals surface area (Å²) in [6.07, 6.45) is 3.08. The SMILES string of the molecule is Cc1cccc(Cn2ncnc2CCN(C)C2CCS(=O)(=O)C2)c1.O=CO. The molecular formula is C18H26N4O4S. The molecule has 9 heteroatoms. The van der Waals surface area contributed by atoms with Crippen LogP contribution in [-0.4, -0.2) is 70.8 Å². The number of rotatable bonds is 6. The first-order valence-electron chi connectivity index (χ1n) is 8.75. The third-order valence-corrected chi connectivity index (χ3v) is 6.38. The van der Waals surface area contributed by atoms with E-state index in [2.05, 4.69) is 46.2 Å². The molecule has 1 N–H and O–H groups in total. The lowest BCUT2D eigenvalue weighted by molar-refractivity contribution is -0.122. The summed E-state index contributed by atoms with van der Waals surface area (Å²) in [5, 5.41) is 11.2. The van der Waals surface area contributed by atoms with E-state index in [4.69, 9.17) is 9.90 Å². The molecular weight excluding hydrogens is 368 g/mol. The Bertz CT molecular complexity index is 851. The van der Waals surface area contributed by atoms with Crippen LogP contribution in [0, 0.1) is 6.92 Å². The molecule has 3 rings (SSSR count). The molecule has 0 saturated carbocycles. The van der Waals surface area contributed by atoms with E-state index < -0.39 is 9.84 Å². The number of nitrogens with zero attached hydrogens (tertiary/aromatic N) is 4. The highest BCUT2D eigenvalue weighted by atomic mass is 32.2. The quantitative estimate of drug-likeness (QED) is 0.729. The van der Waals surface area contributed by atoms with Crippen LogP contribution in [0.2, 0.25) is 0 Å². The molecule has 0 aliphatic carbocycles. The van der Waals surface area contributed by atoms with Crippen molar-refractivity contribution in [2.75, 3.05) is 25.1 Å². The molecule has 27 heavy (non-hydrogen) atoms. The number of hydrogen-bond donors (Lipinski definition) is 1. The molecule has 8 nitrogen and oxygen atoms in total. The summed E-state index contributed by atoms with van der Waals surface area (Å²) in [4.78, 5) is 14.9. The van der Waals surface area contributed by atoms with Gasteiger partial charge in [-0.05, 0) is 26.0 Å². The molecule has 1 unspecified atom stereocenters. The van der Waals surface area contributed by atoms with Crippen molar-refractivity contribution in [2.45, 2.75) is 32.4 Å². The van der Waals surface area contributed by atoms with E-state index in [0.29, 0.717) is 12.3 Å². The molecule has 1 saturated heterocycles. The molecule has 0 spiro atoms. The van der Waals surface area contributed by atoms with Crippen LogP contribution >= 0.6 is 0 Å². The van der Waals surface area contributed by atoms with Crippen LogP contribution < -0.4 is 0 Å². The molecule has 2 heterocycles. The van der Waals surface area contributed by atoms with Crippen molar-refractivity contribution >= 4 is 16.3 Å². The largest absolute Gasteiger partial charge is 0.483 e. The third-order valence-electron chi connectivity index (χ3n) is 4.63. The minimum atomic E-state index is -2.84. The third kappa shape index (κ3) is 6.44. The smallest absolute Gasteiger partial charge is 0.290 e. The molecule has 1 aromatic carbocycles. The maximum absolute atomic E-state index is 11.6. The lowest BCUT2D eigenvalue weighted by Crippen LogP contribution is -2.34. The fourth-order valence-corrected chi connectivity index (χ4v) is 4.98. The monoisotopic (exact) mass is 394 g/mol. The van der Waals surface area contributed by atoms with Gasteiger partial charge in [-0.1, -0.05) is 29.8 Å². The second kappa shape index (κ2) is 9.61. The van der Waals surface area contributed by atoms with Crippen LogP contribution in [0.4, 0.5) is 0 Å². The van der Waals surface area contributed by atoms with Crippen LogP contribution in [0.25, 0.3) is 0 Å². The molecule has 0 bridgehead atoms. The molecule has 1 aliphatic heterocycles. The second-order valence-electron chi connectivity index (χ2n) is 6.72. The van der Waals surface area contributed by atoms with Crippen LogP contribution in [0.5, 0.6) is 0 Å². The Balaban J connectivity index is 0.000000817. The van der Waals surface area contributed by atoms with Gasteiger partial charge in [0.15, 0.2) is 9.84 Å². The zero-order valence-corrected chi connectivity index (χ0v) is 16.5. The molecule has 0 radical (unpaired) electrons. The van der Waals surface area contributed by atoms with Gasteiger partial charge in [0.05, 0.1) is 18.1 Å². The summed E-state index contributed by atoms with van der Waals surface area (Å²) >= 11 is 0. The van der Waals surface area contributed by atoms with E-state index in [1.165, 1.54) is 11.1 Å². The standard InChI is InChI=1S/C17H24N4O2S.CH2O2/c1-14-4-3-5-15(10-14)11-21-17(18-13-19-21)6-8-20(2)16-7-9-24(22,23)12-16;2-1-3/h3-5,10,13,16H,6-9,11-12H2,1-2H3;1H,(H,2,3). The number of aromatic nitrogens is 3. The van der Waals surface area contributed by atoms with Crippen molar-refractivity contribution in [3.8, 4) is 0 Å². The first-order chi connectivity index (χ1) is 12.8. The van der Waals surface area contributed by atoms with E-state index >= 15 is 0 Å². The predicted molar refractivity (Wildman–Crippen MR) is 102 cm³/mol. The fraction of sp³-hybridized carbons (Fsp3) is 0.500. The van der Waals surface area contributed by atoms with Gasteiger partial charge in [-0.2, -0.15) is 5.10 Å². The van der Waals surface area contributed by atoms with Crippen molar-refractivity contribution in [1.82, 2.24) is 19.7 Å². The number of benzene rings is 1. The molecule has 0 amide bonds.